The van der Waals surface area contributed by atoms with Gasteiger partial charge in [0, 0.05) is 23.2 Å². The monoisotopic (exact) mass is 449 g/mol. The van der Waals surface area contributed by atoms with Crippen molar-refractivity contribution in [3.63, 3.8) is 0 Å². The van der Waals surface area contributed by atoms with Gasteiger partial charge in [-0.15, -0.1) is 0 Å². The molecule has 1 aliphatic carbocycles. The smallest absolute Gasteiger partial charge is 0.338 e. The van der Waals surface area contributed by atoms with Crippen molar-refractivity contribution in [2.75, 3.05) is 11.9 Å². The van der Waals surface area contributed by atoms with E-state index in [4.69, 9.17) is 13.6 Å². The number of anilines is 1. The predicted molar refractivity (Wildman–Crippen MR) is 119 cm³/mol. The van der Waals surface area contributed by atoms with E-state index in [1.54, 1.807) is 50.2 Å². The fourth-order valence-electron chi connectivity index (χ4n) is 3.67. The van der Waals surface area contributed by atoms with Gasteiger partial charge in [-0.25, -0.2) is 10.2 Å². The summed E-state index contributed by atoms with van der Waals surface area (Å²) < 4.78 is 15.9. The number of hydrogen-bond donors (Lipinski definition) is 2. The van der Waals surface area contributed by atoms with Crippen molar-refractivity contribution in [2.24, 2.45) is 5.10 Å². The van der Waals surface area contributed by atoms with Gasteiger partial charge in [-0.2, -0.15) is 5.10 Å². The maximum Gasteiger partial charge on any atom is 0.338 e. The molecule has 0 spiro atoms. The number of hydrogen-bond acceptors (Lipinski definition) is 7. The van der Waals surface area contributed by atoms with Gasteiger partial charge in [-0.1, -0.05) is 0 Å². The van der Waals surface area contributed by atoms with Gasteiger partial charge in [0.05, 0.1) is 24.1 Å². The molecule has 9 nitrogen and oxygen atoms in total. The zero-order chi connectivity index (χ0) is 23.4. The number of carbonyl (C=O) groups is 3. The fraction of sp³-hybridized carbons (Fsp3) is 0.250. The molecular formula is C24H23N3O6. The van der Waals surface area contributed by atoms with Crippen LogP contribution in [0.25, 0.3) is 0 Å². The van der Waals surface area contributed by atoms with E-state index in [1.807, 2.05) is 0 Å². The molecule has 2 amide bonds. The summed E-state index contributed by atoms with van der Waals surface area (Å²) in [6, 6.07) is 9.59. The van der Waals surface area contributed by atoms with Gasteiger partial charge in [0.2, 0.25) is 0 Å². The molecule has 4 rings (SSSR count). The van der Waals surface area contributed by atoms with Crippen LogP contribution in [-0.2, 0) is 11.2 Å². The Morgan fingerprint density at radius 2 is 1.88 bits per heavy atom. The fourth-order valence-corrected chi connectivity index (χ4v) is 3.67. The molecule has 1 aliphatic rings. The first-order valence-electron chi connectivity index (χ1n) is 10.6. The van der Waals surface area contributed by atoms with Crippen LogP contribution in [0.2, 0.25) is 0 Å². The molecule has 170 valence electrons. The summed E-state index contributed by atoms with van der Waals surface area (Å²) in [5.41, 5.74) is 5.45. The summed E-state index contributed by atoms with van der Waals surface area (Å²) in [6.07, 6.45) is 3.51. The summed E-state index contributed by atoms with van der Waals surface area (Å²) in [5, 5.41) is 7.04. The van der Waals surface area contributed by atoms with Gasteiger partial charge in [-0.05, 0) is 63.1 Å². The van der Waals surface area contributed by atoms with E-state index in [2.05, 4.69) is 15.8 Å². The summed E-state index contributed by atoms with van der Waals surface area (Å²) in [5.74, 6) is -0.284. The number of aryl methyl sites for hydroxylation is 1. The third kappa shape index (κ3) is 4.72. The van der Waals surface area contributed by atoms with Gasteiger partial charge in [0.15, 0.2) is 11.5 Å². The van der Waals surface area contributed by atoms with Gasteiger partial charge >= 0.3 is 11.9 Å². The molecule has 2 aromatic heterocycles. The lowest BCUT2D eigenvalue weighted by atomic mass is 9.93. The molecule has 9 heteroatoms. The zero-order valence-electron chi connectivity index (χ0n) is 18.3. The number of nitrogens with zero attached hydrogens (tertiary/aromatic N) is 1. The molecule has 0 atom stereocenters. The number of fused-ring (bicyclic) bond motifs is 1. The Balaban J connectivity index is 1.51. The number of ether oxygens (including phenoxy) is 1. The lowest BCUT2D eigenvalue weighted by Crippen LogP contribution is -2.21. The Bertz CT molecular complexity index is 1210. The van der Waals surface area contributed by atoms with Crippen molar-refractivity contribution < 1.29 is 28.0 Å². The molecule has 2 N–H and O–H groups in total. The Kier molecular flexibility index (Phi) is 6.39. The van der Waals surface area contributed by atoms with E-state index in [1.165, 1.54) is 6.26 Å². The Morgan fingerprint density at radius 1 is 1.09 bits per heavy atom. The molecule has 0 unspecified atom stereocenters. The number of esters is 1. The lowest BCUT2D eigenvalue weighted by Gasteiger charge is -2.13. The van der Waals surface area contributed by atoms with Crippen molar-refractivity contribution in [1.29, 1.82) is 0 Å². The van der Waals surface area contributed by atoms with Crippen LogP contribution in [-0.4, -0.2) is 30.1 Å². The first-order valence-corrected chi connectivity index (χ1v) is 10.6. The standard InChI is InChI=1S/C24H23N3O6/c1-3-31-24(30)15-9-11-16(12-10-15)25-23(29)21-14(2)20-17(6-4-7-18(20)33-21)26-27-22(28)19-8-5-13-32-19/h5,8-13H,3-4,6-7H2,1-2H3,(H,25,29)(H,27,28)/b26-17+. The van der Waals surface area contributed by atoms with Gasteiger partial charge < -0.3 is 18.9 Å². The molecule has 0 saturated carbocycles. The van der Waals surface area contributed by atoms with E-state index >= 15 is 0 Å². The molecule has 0 fully saturated rings. The van der Waals surface area contributed by atoms with Gasteiger partial charge in [-0.3, -0.25) is 9.59 Å². The average molecular weight is 449 g/mol. The minimum Gasteiger partial charge on any atom is -0.462 e. The van der Waals surface area contributed by atoms with E-state index < -0.39 is 17.8 Å². The minimum atomic E-state index is -0.454. The lowest BCUT2D eigenvalue weighted by molar-refractivity contribution is 0.0526. The number of hydrazone groups is 1. The number of benzene rings is 1. The maximum atomic E-state index is 12.9. The predicted octanol–water partition coefficient (Wildman–Crippen LogP) is 4.08. The van der Waals surface area contributed by atoms with Crippen LogP contribution in [0.3, 0.4) is 0 Å². The van der Waals surface area contributed by atoms with Crippen LogP contribution in [0.1, 0.15) is 68.1 Å². The average Bonchev–Trinajstić information content (AvgIpc) is 3.47. The highest BCUT2D eigenvalue weighted by molar-refractivity contribution is 6.09. The van der Waals surface area contributed by atoms with Crippen molar-refractivity contribution in [3.05, 3.63) is 76.6 Å². The highest BCUT2D eigenvalue weighted by atomic mass is 16.5. The van der Waals surface area contributed by atoms with Crippen LogP contribution < -0.4 is 10.7 Å². The third-order valence-electron chi connectivity index (χ3n) is 5.22. The summed E-state index contributed by atoms with van der Waals surface area (Å²) >= 11 is 0. The molecule has 33 heavy (non-hydrogen) atoms. The van der Waals surface area contributed by atoms with Crippen LogP contribution in [0.15, 0.2) is 56.6 Å². The Labute approximate surface area is 189 Å². The molecule has 3 aromatic rings. The third-order valence-corrected chi connectivity index (χ3v) is 5.22. The molecule has 0 radical (unpaired) electrons. The van der Waals surface area contributed by atoms with Gasteiger partial charge in [0.1, 0.15) is 5.76 Å². The molecule has 0 bridgehead atoms. The Morgan fingerprint density at radius 3 is 2.58 bits per heavy atom. The van der Waals surface area contributed by atoms with Crippen molar-refractivity contribution in [2.45, 2.75) is 33.1 Å². The van der Waals surface area contributed by atoms with E-state index in [-0.39, 0.29) is 18.1 Å². The maximum absolute atomic E-state index is 12.9. The summed E-state index contributed by atoms with van der Waals surface area (Å²) in [4.78, 5) is 36.8. The largest absolute Gasteiger partial charge is 0.462 e. The number of amides is 2. The second-order valence-corrected chi connectivity index (χ2v) is 7.44. The SMILES string of the molecule is CCOC(=O)c1ccc(NC(=O)c2oc3c(c2C)/C(=N/NC(=O)c2ccco2)CCC3)cc1. The molecular weight excluding hydrogens is 426 g/mol. The second-order valence-electron chi connectivity index (χ2n) is 7.44. The quantitative estimate of drug-likeness (QED) is 0.432. The molecule has 2 heterocycles. The highest BCUT2D eigenvalue weighted by Crippen LogP contribution is 2.30. The number of rotatable bonds is 6. The number of nitrogens with one attached hydrogen (secondary N) is 2. The topological polar surface area (TPSA) is 123 Å². The molecule has 0 saturated heterocycles. The van der Waals surface area contributed by atoms with Crippen LogP contribution in [0.5, 0.6) is 0 Å². The van der Waals surface area contributed by atoms with E-state index in [0.29, 0.717) is 41.1 Å². The van der Waals surface area contributed by atoms with Crippen molar-refractivity contribution in [1.82, 2.24) is 5.43 Å². The Hall–Kier alpha value is -4.14. The van der Waals surface area contributed by atoms with E-state index in [0.717, 1.165) is 12.0 Å². The number of furan rings is 2. The van der Waals surface area contributed by atoms with Crippen LogP contribution in [0.4, 0.5) is 5.69 Å². The van der Waals surface area contributed by atoms with Gasteiger partial charge in [0.25, 0.3) is 5.91 Å². The zero-order valence-corrected chi connectivity index (χ0v) is 18.3. The first-order chi connectivity index (χ1) is 16.0. The van der Waals surface area contributed by atoms with Crippen molar-refractivity contribution >= 4 is 29.2 Å². The van der Waals surface area contributed by atoms with E-state index in [9.17, 15) is 14.4 Å². The van der Waals surface area contributed by atoms with Crippen molar-refractivity contribution in [3.8, 4) is 0 Å². The summed E-state index contributed by atoms with van der Waals surface area (Å²) in [6.45, 7) is 3.81. The van der Waals surface area contributed by atoms with Crippen LogP contribution in [0, 0.1) is 6.92 Å². The molecule has 0 aliphatic heterocycles. The number of carbonyl (C=O) groups excluding carboxylic acids is 3. The first kappa shape index (κ1) is 22.1. The molecule has 1 aromatic carbocycles. The normalized spacial score (nSPS) is 13.9. The highest BCUT2D eigenvalue weighted by Gasteiger charge is 2.28. The summed E-state index contributed by atoms with van der Waals surface area (Å²) in [7, 11) is 0. The minimum absolute atomic E-state index is 0.161. The van der Waals surface area contributed by atoms with Crippen LogP contribution >= 0.6 is 0 Å². The second kappa shape index (κ2) is 9.56.